The third-order valence-electron chi connectivity index (χ3n) is 2.11. The van der Waals surface area contributed by atoms with Crippen LogP contribution >= 0.6 is 0 Å². The quantitative estimate of drug-likeness (QED) is 0.834. The Bertz CT molecular complexity index is 392. The van der Waals surface area contributed by atoms with Gasteiger partial charge in [0.25, 0.3) is 0 Å². The van der Waals surface area contributed by atoms with E-state index >= 15 is 0 Å². The minimum atomic E-state index is -4.44. The molecule has 0 unspecified atom stereocenters. The molecule has 1 rings (SSSR count). The third-order valence-corrected chi connectivity index (χ3v) is 2.11. The van der Waals surface area contributed by atoms with Crippen molar-refractivity contribution >= 4 is 5.95 Å². The van der Waals surface area contributed by atoms with E-state index in [2.05, 4.69) is 9.97 Å². The molecule has 0 saturated heterocycles. The molecule has 0 aliphatic heterocycles. The van der Waals surface area contributed by atoms with Crippen LogP contribution in [-0.4, -0.2) is 55.2 Å². The lowest BCUT2D eigenvalue weighted by atomic mass is 10.4. The molecular weight excluding hydrogens is 267 g/mol. The number of ether oxygens (including phenoxy) is 2. The van der Waals surface area contributed by atoms with Gasteiger partial charge in [0, 0.05) is 6.54 Å². The Morgan fingerprint density at radius 3 is 2.11 bits per heavy atom. The molecule has 0 saturated carbocycles. The van der Waals surface area contributed by atoms with Crippen LogP contribution in [0.25, 0.3) is 0 Å². The smallest absolute Gasteiger partial charge is 0.406 e. The summed E-state index contributed by atoms with van der Waals surface area (Å²) in [6.07, 6.45) is -4.44. The Labute approximate surface area is 107 Å². The minimum Gasteiger partial charge on any atom is -0.481 e. The van der Waals surface area contributed by atoms with Gasteiger partial charge < -0.3 is 19.5 Å². The van der Waals surface area contributed by atoms with E-state index in [1.165, 1.54) is 20.3 Å². The summed E-state index contributed by atoms with van der Waals surface area (Å²) >= 11 is 0. The van der Waals surface area contributed by atoms with Gasteiger partial charge in [-0.15, -0.1) is 0 Å². The van der Waals surface area contributed by atoms with Crippen molar-refractivity contribution in [2.75, 3.05) is 38.8 Å². The molecule has 19 heavy (non-hydrogen) atoms. The van der Waals surface area contributed by atoms with Crippen LogP contribution in [0.3, 0.4) is 0 Å². The third kappa shape index (κ3) is 4.78. The van der Waals surface area contributed by atoms with Gasteiger partial charge in [0.05, 0.1) is 26.9 Å². The van der Waals surface area contributed by atoms with Gasteiger partial charge in [-0.2, -0.15) is 23.1 Å². The zero-order valence-corrected chi connectivity index (χ0v) is 10.4. The molecule has 0 radical (unpaired) electrons. The van der Waals surface area contributed by atoms with E-state index in [0.29, 0.717) is 0 Å². The molecule has 0 aliphatic rings. The highest BCUT2D eigenvalue weighted by molar-refractivity contribution is 5.37. The van der Waals surface area contributed by atoms with Gasteiger partial charge in [0.1, 0.15) is 6.54 Å². The zero-order chi connectivity index (χ0) is 14.5. The number of hydrogen-bond donors (Lipinski definition) is 1. The fraction of sp³-hybridized carbons (Fsp3) is 0.600. The summed E-state index contributed by atoms with van der Waals surface area (Å²) < 4.78 is 47.0. The van der Waals surface area contributed by atoms with Gasteiger partial charge in [-0.05, 0) is 0 Å². The Hall–Kier alpha value is -1.77. The van der Waals surface area contributed by atoms with E-state index in [9.17, 15) is 13.2 Å². The predicted octanol–water partition coefficient (Wildman–Crippen LogP) is 0.855. The highest BCUT2D eigenvalue weighted by atomic mass is 19.4. The second kappa shape index (κ2) is 6.41. The molecule has 0 fully saturated rings. The average Bonchev–Trinajstić information content (AvgIpc) is 2.36. The Morgan fingerprint density at radius 1 is 1.21 bits per heavy atom. The van der Waals surface area contributed by atoms with E-state index in [-0.39, 0.29) is 24.3 Å². The van der Waals surface area contributed by atoms with Crippen molar-refractivity contribution in [3.05, 3.63) is 6.07 Å². The monoisotopic (exact) mass is 281 g/mol. The number of aliphatic hydroxyl groups excluding tert-OH is 1. The van der Waals surface area contributed by atoms with Crippen molar-refractivity contribution in [3.8, 4) is 11.8 Å². The number of halogens is 3. The van der Waals surface area contributed by atoms with Crippen molar-refractivity contribution in [1.29, 1.82) is 0 Å². The second-order valence-corrected chi connectivity index (χ2v) is 3.51. The average molecular weight is 281 g/mol. The lowest BCUT2D eigenvalue weighted by Crippen LogP contribution is -2.37. The van der Waals surface area contributed by atoms with E-state index in [1.807, 2.05) is 0 Å². The van der Waals surface area contributed by atoms with E-state index in [4.69, 9.17) is 14.6 Å². The number of methoxy groups -OCH3 is 2. The summed E-state index contributed by atoms with van der Waals surface area (Å²) in [5.41, 5.74) is 0. The molecule has 108 valence electrons. The molecule has 1 heterocycles. The van der Waals surface area contributed by atoms with Crippen LogP contribution in [0.5, 0.6) is 11.8 Å². The molecule has 1 aromatic heterocycles. The molecule has 1 N–H and O–H groups in total. The molecular formula is C10H14F3N3O3. The summed E-state index contributed by atoms with van der Waals surface area (Å²) in [7, 11) is 2.65. The number of rotatable bonds is 6. The topological polar surface area (TPSA) is 67.7 Å². The highest BCUT2D eigenvalue weighted by Gasteiger charge is 2.32. The molecule has 0 amide bonds. The van der Waals surface area contributed by atoms with E-state index in [1.54, 1.807) is 0 Å². The maximum absolute atomic E-state index is 12.4. The first-order valence-electron chi connectivity index (χ1n) is 5.29. The fourth-order valence-corrected chi connectivity index (χ4v) is 1.33. The number of anilines is 1. The Morgan fingerprint density at radius 2 is 1.74 bits per heavy atom. The van der Waals surface area contributed by atoms with Crippen molar-refractivity contribution in [3.63, 3.8) is 0 Å². The van der Waals surface area contributed by atoms with Crippen LogP contribution < -0.4 is 14.4 Å². The van der Waals surface area contributed by atoms with Crippen molar-refractivity contribution in [2.45, 2.75) is 6.18 Å². The van der Waals surface area contributed by atoms with Crippen molar-refractivity contribution in [1.82, 2.24) is 9.97 Å². The fourth-order valence-electron chi connectivity index (χ4n) is 1.33. The lowest BCUT2D eigenvalue weighted by molar-refractivity contribution is -0.120. The van der Waals surface area contributed by atoms with Gasteiger partial charge in [-0.3, -0.25) is 0 Å². The van der Waals surface area contributed by atoms with Crippen LogP contribution in [0.2, 0.25) is 0 Å². The van der Waals surface area contributed by atoms with Crippen molar-refractivity contribution < 1.29 is 27.8 Å². The summed E-state index contributed by atoms with van der Waals surface area (Å²) in [5.74, 6) is -0.0681. The molecule has 0 aliphatic carbocycles. The zero-order valence-electron chi connectivity index (χ0n) is 10.4. The first kappa shape index (κ1) is 15.3. The SMILES string of the molecule is COc1cc(OC)nc(N(CCO)CC(F)(F)F)n1. The molecule has 0 atom stereocenters. The van der Waals surface area contributed by atoms with Gasteiger partial charge in [0.15, 0.2) is 0 Å². The standard InChI is InChI=1S/C10H14F3N3O3/c1-18-7-5-8(19-2)15-9(14-7)16(3-4-17)6-10(11,12)13/h5,17H,3-4,6H2,1-2H3. The molecule has 0 bridgehead atoms. The summed E-state index contributed by atoms with van der Waals surface area (Å²) in [4.78, 5) is 8.41. The molecule has 0 spiro atoms. The first-order valence-corrected chi connectivity index (χ1v) is 5.29. The van der Waals surface area contributed by atoms with E-state index < -0.39 is 19.3 Å². The normalized spacial score (nSPS) is 11.3. The van der Waals surface area contributed by atoms with Gasteiger partial charge in [-0.1, -0.05) is 0 Å². The summed E-state index contributed by atoms with van der Waals surface area (Å²) in [6, 6.07) is 1.34. The van der Waals surface area contributed by atoms with Crippen LogP contribution in [0.15, 0.2) is 6.07 Å². The highest BCUT2D eigenvalue weighted by Crippen LogP contribution is 2.23. The second-order valence-electron chi connectivity index (χ2n) is 3.51. The van der Waals surface area contributed by atoms with Crippen LogP contribution in [0.4, 0.5) is 19.1 Å². The van der Waals surface area contributed by atoms with Gasteiger partial charge in [-0.25, -0.2) is 0 Å². The lowest BCUT2D eigenvalue weighted by Gasteiger charge is -2.23. The molecule has 1 aromatic rings. The summed E-state index contributed by atoms with van der Waals surface area (Å²) in [5, 5.41) is 8.82. The number of hydrogen-bond acceptors (Lipinski definition) is 6. The van der Waals surface area contributed by atoms with Gasteiger partial charge >= 0.3 is 6.18 Å². The van der Waals surface area contributed by atoms with E-state index in [0.717, 1.165) is 4.90 Å². The van der Waals surface area contributed by atoms with Crippen molar-refractivity contribution in [2.24, 2.45) is 0 Å². The largest absolute Gasteiger partial charge is 0.481 e. The minimum absolute atomic E-state index is 0.0759. The number of aliphatic hydroxyl groups is 1. The van der Waals surface area contributed by atoms with Gasteiger partial charge in [0.2, 0.25) is 17.7 Å². The predicted molar refractivity (Wildman–Crippen MR) is 60.5 cm³/mol. The Balaban J connectivity index is 3.06. The number of nitrogens with zero attached hydrogens (tertiary/aromatic N) is 3. The van der Waals surface area contributed by atoms with Crippen LogP contribution in [0.1, 0.15) is 0 Å². The Kier molecular flexibility index (Phi) is 5.16. The van der Waals surface area contributed by atoms with Crippen LogP contribution in [-0.2, 0) is 0 Å². The maximum Gasteiger partial charge on any atom is 0.406 e. The number of alkyl halides is 3. The summed E-state index contributed by atoms with van der Waals surface area (Å²) in [6.45, 7) is -1.99. The molecule has 6 nitrogen and oxygen atoms in total. The number of aromatic nitrogens is 2. The first-order chi connectivity index (χ1) is 8.89. The van der Waals surface area contributed by atoms with Crippen LogP contribution in [0, 0.1) is 0 Å². The maximum atomic E-state index is 12.4. The molecule has 9 heteroatoms. The molecule has 0 aromatic carbocycles.